The van der Waals surface area contributed by atoms with Crippen molar-refractivity contribution in [3.8, 4) is 0 Å². The van der Waals surface area contributed by atoms with E-state index in [9.17, 15) is 13.2 Å². The van der Waals surface area contributed by atoms with Gasteiger partial charge in [-0.15, -0.1) is 0 Å². The fourth-order valence-electron chi connectivity index (χ4n) is 1.83. The molecule has 21 heavy (non-hydrogen) atoms. The quantitative estimate of drug-likeness (QED) is 0.597. The minimum Gasteiger partial charge on any atom is -0.354 e. The van der Waals surface area contributed by atoms with Gasteiger partial charge in [-0.2, -0.15) is 0 Å². The lowest BCUT2D eigenvalue weighted by molar-refractivity contribution is -0.122. The average Bonchev–Trinajstić information content (AvgIpc) is 2.45. The third-order valence-corrected chi connectivity index (χ3v) is 4.43. The first-order chi connectivity index (χ1) is 9.94. The number of amides is 1. The minimum atomic E-state index is -3.31. The largest absolute Gasteiger partial charge is 0.354 e. The van der Waals surface area contributed by atoms with Crippen LogP contribution in [0.15, 0.2) is 30.3 Å². The number of benzene rings is 1. The third kappa shape index (κ3) is 7.22. The van der Waals surface area contributed by atoms with Crippen LogP contribution in [0.2, 0.25) is 0 Å². The van der Waals surface area contributed by atoms with E-state index >= 15 is 0 Å². The van der Waals surface area contributed by atoms with Gasteiger partial charge in [0.2, 0.25) is 15.9 Å². The Kier molecular flexibility index (Phi) is 7.35. The fourth-order valence-corrected chi connectivity index (χ4v) is 2.78. The highest BCUT2D eigenvalue weighted by atomic mass is 32.2. The molecule has 0 radical (unpaired) electrons. The van der Waals surface area contributed by atoms with Crippen molar-refractivity contribution in [2.24, 2.45) is 5.73 Å². The Balaban J connectivity index is 2.28. The number of hydrogen-bond donors (Lipinski definition) is 3. The molecule has 0 spiro atoms. The van der Waals surface area contributed by atoms with E-state index in [2.05, 4.69) is 10.0 Å². The molecular weight excluding hydrogens is 290 g/mol. The Hall–Kier alpha value is -1.44. The summed E-state index contributed by atoms with van der Waals surface area (Å²) in [6, 6.07) is 9.13. The molecule has 0 aliphatic rings. The van der Waals surface area contributed by atoms with Gasteiger partial charge in [0.1, 0.15) is 0 Å². The summed E-state index contributed by atoms with van der Waals surface area (Å²) in [5.41, 5.74) is 6.92. The molecule has 0 unspecified atom stereocenters. The first-order valence-corrected chi connectivity index (χ1v) is 8.64. The molecule has 0 bridgehead atoms. The molecule has 0 heterocycles. The van der Waals surface area contributed by atoms with E-state index in [1.165, 1.54) is 0 Å². The molecule has 118 valence electrons. The summed E-state index contributed by atoms with van der Waals surface area (Å²) in [5.74, 6) is -0.463. The smallest absolute Gasteiger partial charge is 0.236 e. The predicted octanol–water partition coefficient (Wildman–Crippen LogP) is 0.00200. The fraction of sp³-hybridized carbons (Fsp3) is 0.500. The van der Waals surface area contributed by atoms with Gasteiger partial charge in [0.15, 0.2) is 0 Å². The number of carbonyl (C=O) groups is 1. The Morgan fingerprint density at radius 1 is 1.29 bits per heavy atom. The van der Waals surface area contributed by atoms with E-state index < -0.39 is 16.1 Å². The molecule has 0 aliphatic heterocycles. The number of nitrogens with two attached hydrogens (primary N) is 1. The molecule has 7 heteroatoms. The molecule has 1 rings (SSSR count). The Morgan fingerprint density at radius 3 is 2.57 bits per heavy atom. The lowest BCUT2D eigenvalue weighted by atomic mass is 10.1. The summed E-state index contributed by atoms with van der Waals surface area (Å²) in [6.45, 7) is 2.11. The number of hydrogen-bond acceptors (Lipinski definition) is 4. The molecule has 0 saturated heterocycles. The zero-order chi connectivity index (χ0) is 15.7. The Morgan fingerprint density at radius 2 is 1.95 bits per heavy atom. The van der Waals surface area contributed by atoms with Gasteiger partial charge in [0.05, 0.1) is 11.8 Å². The molecule has 0 aliphatic carbocycles. The monoisotopic (exact) mass is 313 g/mol. The van der Waals surface area contributed by atoms with Gasteiger partial charge in [0, 0.05) is 13.1 Å². The van der Waals surface area contributed by atoms with E-state index in [4.69, 9.17) is 5.73 Å². The lowest BCUT2D eigenvalue weighted by Crippen LogP contribution is -2.43. The van der Waals surface area contributed by atoms with Gasteiger partial charge in [-0.3, -0.25) is 4.79 Å². The lowest BCUT2D eigenvalue weighted by Gasteiger charge is -2.12. The van der Waals surface area contributed by atoms with Crippen LogP contribution in [-0.2, 0) is 21.2 Å². The molecule has 0 fully saturated rings. The van der Waals surface area contributed by atoms with Crippen molar-refractivity contribution in [3.63, 3.8) is 0 Å². The molecule has 0 saturated carbocycles. The number of aryl methyl sites for hydroxylation is 1. The van der Waals surface area contributed by atoms with Crippen molar-refractivity contribution < 1.29 is 13.2 Å². The van der Waals surface area contributed by atoms with Crippen molar-refractivity contribution in [3.05, 3.63) is 35.9 Å². The number of nitrogens with one attached hydrogen (secondary N) is 2. The first kappa shape index (κ1) is 17.6. The third-order valence-electron chi connectivity index (χ3n) is 2.96. The summed E-state index contributed by atoms with van der Waals surface area (Å²) >= 11 is 0. The SMILES string of the molecule is CCNS(=O)(=O)CCNC(=O)[C@@H](N)CCc1ccccc1. The van der Waals surface area contributed by atoms with Crippen LogP contribution < -0.4 is 15.8 Å². The van der Waals surface area contributed by atoms with Gasteiger partial charge in [0.25, 0.3) is 0 Å². The zero-order valence-corrected chi connectivity index (χ0v) is 13.0. The summed E-state index contributed by atoms with van der Waals surface area (Å²) in [7, 11) is -3.31. The normalized spacial score (nSPS) is 12.9. The topological polar surface area (TPSA) is 101 Å². The summed E-state index contributed by atoms with van der Waals surface area (Å²) in [6.07, 6.45) is 1.24. The molecule has 1 amide bonds. The molecule has 0 aromatic heterocycles. The predicted molar refractivity (Wildman–Crippen MR) is 83.2 cm³/mol. The molecule has 6 nitrogen and oxygen atoms in total. The number of carbonyl (C=O) groups excluding carboxylic acids is 1. The van der Waals surface area contributed by atoms with E-state index in [1.54, 1.807) is 6.92 Å². The average molecular weight is 313 g/mol. The first-order valence-electron chi connectivity index (χ1n) is 6.99. The van der Waals surface area contributed by atoms with Crippen molar-refractivity contribution in [1.29, 1.82) is 0 Å². The second-order valence-electron chi connectivity index (χ2n) is 4.74. The Bertz CT molecular complexity index is 532. The van der Waals surface area contributed by atoms with Crippen LogP contribution in [0.5, 0.6) is 0 Å². The standard InChI is InChI=1S/C14H23N3O3S/c1-2-17-21(19,20)11-10-16-14(18)13(15)9-8-12-6-4-3-5-7-12/h3-7,13,17H,2,8-11,15H2,1H3,(H,16,18)/t13-/m0/s1. The van der Waals surface area contributed by atoms with Gasteiger partial charge >= 0.3 is 0 Å². The van der Waals surface area contributed by atoms with E-state index in [-0.39, 0.29) is 18.2 Å². The molecular formula is C14H23N3O3S. The van der Waals surface area contributed by atoms with Gasteiger partial charge < -0.3 is 11.1 Å². The van der Waals surface area contributed by atoms with Crippen molar-refractivity contribution in [2.75, 3.05) is 18.8 Å². The Labute approximate surface area is 126 Å². The van der Waals surface area contributed by atoms with Gasteiger partial charge in [-0.1, -0.05) is 37.3 Å². The minimum absolute atomic E-state index is 0.0627. The van der Waals surface area contributed by atoms with Crippen molar-refractivity contribution in [1.82, 2.24) is 10.0 Å². The van der Waals surface area contributed by atoms with Crippen LogP contribution in [0.25, 0.3) is 0 Å². The summed E-state index contributed by atoms with van der Waals surface area (Å²) < 4.78 is 25.2. The zero-order valence-electron chi connectivity index (χ0n) is 12.2. The maximum absolute atomic E-state index is 11.8. The van der Waals surface area contributed by atoms with Crippen LogP contribution in [0.3, 0.4) is 0 Å². The molecule has 1 aromatic rings. The second kappa shape index (κ2) is 8.76. The van der Waals surface area contributed by atoms with Crippen LogP contribution in [0.4, 0.5) is 0 Å². The van der Waals surface area contributed by atoms with Crippen LogP contribution >= 0.6 is 0 Å². The van der Waals surface area contributed by atoms with Crippen molar-refractivity contribution in [2.45, 2.75) is 25.8 Å². The van der Waals surface area contributed by atoms with E-state index in [0.29, 0.717) is 19.4 Å². The maximum atomic E-state index is 11.8. The maximum Gasteiger partial charge on any atom is 0.236 e. The van der Waals surface area contributed by atoms with Crippen LogP contribution in [0.1, 0.15) is 18.9 Å². The molecule has 1 atom stereocenters. The van der Waals surface area contributed by atoms with Gasteiger partial charge in [-0.05, 0) is 18.4 Å². The highest BCUT2D eigenvalue weighted by Crippen LogP contribution is 2.04. The molecule has 4 N–H and O–H groups in total. The van der Waals surface area contributed by atoms with Crippen LogP contribution in [-0.4, -0.2) is 39.2 Å². The number of rotatable bonds is 9. The summed E-state index contributed by atoms with van der Waals surface area (Å²) in [5, 5.41) is 2.55. The number of sulfonamides is 1. The van der Waals surface area contributed by atoms with Crippen LogP contribution in [0, 0.1) is 0 Å². The second-order valence-corrected chi connectivity index (χ2v) is 6.66. The van der Waals surface area contributed by atoms with E-state index in [0.717, 1.165) is 5.56 Å². The highest BCUT2D eigenvalue weighted by molar-refractivity contribution is 7.89. The summed E-state index contributed by atoms with van der Waals surface area (Å²) in [4.78, 5) is 11.8. The van der Waals surface area contributed by atoms with E-state index in [1.807, 2.05) is 30.3 Å². The van der Waals surface area contributed by atoms with Gasteiger partial charge in [-0.25, -0.2) is 13.1 Å². The van der Waals surface area contributed by atoms with Crippen molar-refractivity contribution >= 4 is 15.9 Å². The highest BCUT2D eigenvalue weighted by Gasteiger charge is 2.14. The molecule has 1 aromatic carbocycles.